The van der Waals surface area contributed by atoms with E-state index in [2.05, 4.69) is 11.1 Å². The maximum atomic E-state index is 12.2. The van der Waals surface area contributed by atoms with Gasteiger partial charge in [0.1, 0.15) is 11.8 Å². The Morgan fingerprint density at radius 3 is 3.00 bits per heavy atom. The number of nitrogens with zero attached hydrogens (tertiary/aromatic N) is 2. The highest BCUT2D eigenvalue weighted by Gasteiger charge is 2.40. The lowest BCUT2D eigenvalue weighted by atomic mass is 9.98. The van der Waals surface area contributed by atoms with Crippen LogP contribution in [0.15, 0.2) is 36.5 Å². The summed E-state index contributed by atoms with van der Waals surface area (Å²) in [4.78, 5) is 16.2. The smallest absolute Gasteiger partial charge is 0.273 e. The molecule has 2 aliphatic rings. The Morgan fingerprint density at radius 2 is 2.13 bits per heavy atom. The molecule has 6 nitrogen and oxygen atoms in total. The largest absolute Gasteiger partial charge is 0.483 e. The Hall–Kier alpha value is -2.44. The molecule has 6 heteroatoms. The number of pyridine rings is 1. The van der Waals surface area contributed by atoms with Crippen molar-refractivity contribution in [2.45, 2.75) is 31.4 Å². The van der Waals surface area contributed by atoms with Crippen molar-refractivity contribution in [3.63, 3.8) is 0 Å². The number of hydrogen-bond donors (Lipinski definition) is 2. The summed E-state index contributed by atoms with van der Waals surface area (Å²) in [7, 11) is 0. The van der Waals surface area contributed by atoms with E-state index in [1.165, 1.54) is 17.3 Å². The number of aromatic nitrogens is 1. The van der Waals surface area contributed by atoms with Crippen molar-refractivity contribution >= 4 is 11.7 Å². The lowest BCUT2D eigenvalue weighted by Gasteiger charge is -2.33. The van der Waals surface area contributed by atoms with E-state index in [1.54, 1.807) is 12.1 Å². The van der Waals surface area contributed by atoms with Crippen LogP contribution in [0.3, 0.4) is 0 Å². The molecular weight excluding hydrogens is 294 g/mol. The summed E-state index contributed by atoms with van der Waals surface area (Å²) >= 11 is 0. The third-order valence-electron chi connectivity index (χ3n) is 4.50. The van der Waals surface area contributed by atoms with Crippen LogP contribution < -0.4 is 15.5 Å². The van der Waals surface area contributed by atoms with Gasteiger partial charge in [0.25, 0.3) is 5.91 Å². The molecule has 1 amide bonds. The number of fused-ring (bicyclic) bond motifs is 2. The quantitative estimate of drug-likeness (QED) is 0.825. The summed E-state index contributed by atoms with van der Waals surface area (Å²) in [5, 5.41) is 10.4. The second-order valence-electron chi connectivity index (χ2n) is 5.88. The van der Waals surface area contributed by atoms with Crippen molar-refractivity contribution in [2.75, 3.05) is 5.06 Å². The molecule has 0 fully saturated rings. The van der Waals surface area contributed by atoms with E-state index in [9.17, 15) is 10.0 Å². The summed E-state index contributed by atoms with van der Waals surface area (Å²) in [6.07, 6.45) is 3.97. The normalized spacial score (nSPS) is 22.7. The Labute approximate surface area is 133 Å². The van der Waals surface area contributed by atoms with E-state index < -0.39 is 18.1 Å². The van der Waals surface area contributed by atoms with E-state index in [4.69, 9.17) is 10.5 Å². The third kappa shape index (κ3) is 2.18. The van der Waals surface area contributed by atoms with Crippen LogP contribution in [0.2, 0.25) is 0 Å². The topological polar surface area (TPSA) is 88.7 Å². The zero-order valence-electron chi connectivity index (χ0n) is 12.5. The fourth-order valence-corrected chi connectivity index (χ4v) is 3.35. The molecule has 1 aliphatic carbocycles. The zero-order valence-corrected chi connectivity index (χ0v) is 12.5. The van der Waals surface area contributed by atoms with Crippen LogP contribution in [0.1, 0.15) is 29.2 Å². The van der Waals surface area contributed by atoms with Gasteiger partial charge in [-0.05, 0) is 48.6 Å². The molecular formula is C17H17N3O3. The number of aryl methyl sites for hydroxylation is 1. The molecule has 2 heterocycles. The molecule has 1 aromatic carbocycles. The Kier molecular flexibility index (Phi) is 3.28. The number of rotatable bonds is 2. The van der Waals surface area contributed by atoms with E-state index in [-0.39, 0.29) is 5.82 Å². The van der Waals surface area contributed by atoms with Gasteiger partial charge in [-0.2, -0.15) is 5.06 Å². The maximum Gasteiger partial charge on any atom is 0.273 e. The number of ether oxygens (including phenoxy) is 1. The summed E-state index contributed by atoms with van der Waals surface area (Å²) in [5.41, 5.74) is 9.10. The van der Waals surface area contributed by atoms with Gasteiger partial charge in [-0.25, -0.2) is 4.98 Å². The lowest BCUT2D eigenvalue weighted by molar-refractivity contribution is -0.128. The molecule has 0 spiro atoms. The predicted octanol–water partition coefficient (Wildman–Crippen LogP) is 1.75. The molecule has 3 N–H and O–H groups in total. The number of anilines is 1. The average molecular weight is 311 g/mol. The van der Waals surface area contributed by atoms with Gasteiger partial charge in [-0.1, -0.05) is 12.1 Å². The first-order valence-corrected chi connectivity index (χ1v) is 7.67. The number of carbonyl (C=O) groups is 1. The Balaban J connectivity index is 1.75. The van der Waals surface area contributed by atoms with Crippen molar-refractivity contribution in [1.82, 2.24) is 4.98 Å². The van der Waals surface area contributed by atoms with E-state index in [0.717, 1.165) is 25.0 Å². The molecule has 0 saturated carbocycles. The van der Waals surface area contributed by atoms with Crippen LogP contribution >= 0.6 is 0 Å². The summed E-state index contributed by atoms with van der Waals surface area (Å²) in [6, 6.07) is 8.49. The van der Waals surface area contributed by atoms with Gasteiger partial charge in [0.15, 0.2) is 11.9 Å². The molecule has 0 bridgehead atoms. The van der Waals surface area contributed by atoms with Crippen molar-refractivity contribution in [1.29, 1.82) is 0 Å². The van der Waals surface area contributed by atoms with Gasteiger partial charge >= 0.3 is 0 Å². The Bertz CT molecular complexity index is 777. The number of carbonyl (C=O) groups excluding carboxylic acids is 1. The van der Waals surface area contributed by atoms with Crippen LogP contribution in [0.5, 0.6) is 5.75 Å². The van der Waals surface area contributed by atoms with Crippen molar-refractivity contribution in [3.8, 4) is 5.75 Å². The summed E-state index contributed by atoms with van der Waals surface area (Å²) in [5.74, 6) is 0.319. The van der Waals surface area contributed by atoms with Crippen molar-refractivity contribution < 1.29 is 14.7 Å². The summed E-state index contributed by atoms with van der Waals surface area (Å²) < 4.78 is 6.13. The molecule has 1 aromatic heterocycles. The summed E-state index contributed by atoms with van der Waals surface area (Å²) in [6.45, 7) is 0. The fraction of sp³-hybridized carbons (Fsp3) is 0.294. The van der Waals surface area contributed by atoms with Crippen LogP contribution in [0.4, 0.5) is 5.82 Å². The average Bonchev–Trinajstić information content (AvgIpc) is 3.06. The fourth-order valence-electron chi connectivity index (χ4n) is 3.35. The number of hydroxylamine groups is 1. The molecule has 1 aliphatic heterocycles. The Morgan fingerprint density at radius 1 is 1.26 bits per heavy atom. The SMILES string of the molecule is N[C@@H]1C(=O)N(O)c2ncccc2C1Oc1cccc2c1CCC2. The van der Waals surface area contributed by atoms with Gasteiger partial charge in [0.05, 0.1) is 0 Å². The first-order valence-electron chi connectivity index (χ1n) is 7.67. The molecule has 0 radical (unpaired) electrons. The molecule has 0 saturated heterocycles. The number of nitrogens with two attached hydrogens (primary N) is 1. The number of hydrogen-bond acceptors (Lipinski definition) is 5. The minimum atomic E-state index is -0.978. The minimum absolute atomic E-state index is 0.178. The molecule has 4 rings (SSSR count). The lowest BCUT2D eigenvalue weighted by Crippen LogP contribution is -2.51. The van der Waals surface area contributed by atoms with Gasteiger partial charge in [-0.3, -0.25) is 10.0 Å². The monoisotopic (exact) mass is 311 g/mol. The predicted molar refractivity (Wildman–Crippen MR) is 83.3 cm³/mol. The second-order valence-corrected chi connectivity index (χ2v) is 5.88. The van der Waals surface area contributed by atoms with Crippen molar-refractivity contribution in [3.05, 3.63) is 53.2 Å². The second kappa shape index (κ2) is 5.33. The zero-order chi connectivity index (χ0) is 16.0. The highest BCUT2D eigenvalue weighted by atomic mass is 16.5. The van der Waals surface area contributed by atoms with E-state index in [0.29, 0.717) is 10.6 Å². The van der Waals surface area contributed by atoms with Crippen LogP contribution in [-0.4, -0.2) is 22.1 Å². The highest BCUT2D eigenvalue weighted by Crippen LogP contribution is 2.38. The highest BCUT2D eigenvalue weighted by molar-refractivity contribution is 5.97. The standard InChI is InChI=1S/C17H17N3O3/c18-14-15(12-7-3-9-19-16(12)20(22)17(14)21)23-13-8-2-5-10-4-1-6-11(10)13/h2-3,5,7-9,14-15,22H,1,4,6,18H2/t14-,15?/m0/s1. The molecule has 2 aromatic rings. The van der Waals surface area contributed by atoms with Gasteiger partial charge in [0, 0.05) is 11.8 Å². The molecule has 1 unspecified atom stereocenters. The van der Waals surface area contributed by atoms with Crippen molar-refractivity contribution in [2.24, 2.45) is 5.73 Å². The van der Waals surface area contributed by atoms with E-state index >= 15 is 0 Å². The first kappa shape index (κ1) is 14.2. The molecule has 2 atom stereocenters. The van der Waals surface area contributed by atoms with Gasteiger partial charge in [0.2, 0.25) is 0 Å². The van der Waals surface area contributed by atoms with E-state index in [1.807, 2.05) is 12.1 Å². The number of amides is 1. The van der Waals surface area contributed by atoms with Gasteiger partial charge < -0.3 is 10.5 Å². The number of benzene rings is 1. The molecule has 118 valence electrons. The van der Waals surface area contributed by atoms with Crippen LogP contribution in [0, 0.1) is 0 Å². The minimum Gasteiger partial charge on any atom is -0.483 e. The first-order chi connectivity index (χ1) is 11.2. The molecule has 23 heavy (non-hydrogen) atoms. The van der Waals surface area contributed by atoms with Crippen LogP contribution in [0.25, 0.3) is 0 Å². The van der Waals surface area contributed by atoms with Crippen LogP contribution in [-0.2, 0) is 17.6 Å². The van der Waals surface area contributed by atoms with Gasteiger partial charge in [-0.15, -0.1) is 0 Å². The maximum absolute atomic E-state index is 12.2. The third-order valence-corrected chi connectivity index (χ3v) is 4.50.